The summed E-state index contributed by atoms with van der Waals surface area (Å²) in [5.74, 6) is 2.29. The number of morpholine rings is 1. The first-order valence-electron chi connectivity index (χ1n) is 10.2. The van der Waals surface area contributed by atoms with E-state index in [2.05, 4.69) is 15.0 Å². The Labute approximate surface area is 150 Å². The van der Waals surface area contributed by atoms with Crippen LogP contribution in [0.2, 0.25) is 0 Å². The molecule has 25 heavy (non-hydrogen) atoms. The zero-order valence-electron chi connectivity index (χ0n) is 15.4. The monoisotopic (exact) mass is 348 g/mol. The molecule has 1 aromatic rings. The molecule has 1 saturated carbocycles. The van der Waals surface area contributed by atoms with Crippen LogP contribution in [0.3, 0.4) is 0 Å². The zero-order valence-corrected chi connectivity index (χ0v) is 15.4. The highest BCUT2D eigenvalue weighted by atomic mass is 16.5. The van der Waals surface area contributed by atoms with Crippen molar-refractivity contribution in [3.05, 3.63) is 11.7 Å². The molecule has 6 heteroatoms. The molecule has 0 radical (unpaired) electrons. The predicted octanol–water partition coefficient (Wildman–Crippen LogP) is 2.80. The minimum absolute atomic E-state index is 0.514. The minimum Gasteiger partial charge on any atom is -0.379 e. The predicted molar refractivity (Wildman–Crippen MR) is 95.4 cm³/mol. The van der Waals surface area contributed by atoms with Crippen LogP contribution in [0.1, 0.15) is 69.0 Å². The van der Waals surface area contributed by atoms with Gasteiger partial charge in [0.1, 0.15) is 0 Å². The molecule has 1 aromatic heterocycles. The van der Waals surface area contributed by atoms with Gasteiger partial charge in [0, 0.05) is 25.0 Å². The number of ether oxygens (including phenoxy) is 1. The third-order valence-corrected chi connectivity index (χ3v) is 6.16. The van der Waals surface area contributed by atoms with E-state index in [9.17, 15) is 0 Å². The summed E-state index contributed by atoms with van der Waals surface area (Å²) in [4.78, 5) is 9.86. The van der Waals surface area contributed by atoms with Crippen LogP contribution >= 0.6 is 0 Å². The Bertz CT molecular complexity index is 523. The zero-order chi connectivity index (χ0) is 16.9. The molecular weight excluding hydrogens is 316 g/mol. The molecule has 3 aliphatic rings. The third-order valence-electron chi connectivity index (χ3n) is 6.16. The largest absolute Gasteiger partial charge is 0.379 e. The summed E-state index contributed by atoms with van der Waals surface area (Å²) in [7, 11) is 0. The molecule has 140 valence electrons. The number of hydrogen-bond acceptors (Lipinski definition) is 6. The van der Waals surface area contributed by atoms with Crippen LogP contribution in [0.5, 0.6) is 0 Å². The van der Waals surface area contributed by atoms with E-state index >= 15 is 0 Å². The van der Waals surface area contributed by atoms with E-state index in [1.807, 2.05) is 0 Å². The maximum atomic E-state index is 5.57. The Kier molecular flexibility index (Phi) is 6.00. The van der Waals surface area contributed by atoms with Crippen molar-refractivity contribution in [3.8, 4) is 0 Å². The average Bonchev–Trinajstić information content (AvgIpc) is 3.33. The lowest BCUT2D eigenvalue weighted by Gasteiger charge is -2.36. The number of piperidine rings is 1. The van der Waals surface area contributed by atoms with Gasteiger partial charge in [0.25, 0.3) is 0 Å². The van der Waals surface area contributed by atoms with Gasteiger partial charge in [0.15, 0.2) is 5.82 Å². The summed E-state index contributed by atoms with van der Waals surface area (Å²) in [5.41, 5.74) is 0. The first kappa shape index (κ1) is 17.4. The summed E-state index contributed by atoms with van der Waals surface area (Å²) in [6.45, 7) is 7.15. The lowest BCUT2D eigenvalue weighted by Crippen LogP contribution is -2.43. The smallest absolute Gasteiger partial charge is 0.229 e. The molecule has 6 nitrogen and oxygen atoms in total. The average molecular weight is 348 g/mol. The lowest BCUT2D eigenvalue weighted by molar-refractivity contribution is 0.0300. The van der Waals surface area contributed by atoms with Gasteiger partial charge in [-0.15, -0.1) is 0 Å². The van der Waals surface area contributed by atoms with E-state index in [0.717, 1.165) is 44.6 Å². The summed E-state index contributed by atoms with van der Waals surface area (Å²) in [5, 5.41) is 4.28. The van der Waals surface area contributed by atoms with E-state index in [1.54, 1.807) is 0 Å². The van der Waals surface area contributed by atoms with E-state index in [4.69, 9.17) is 14.2 Å². The number of rotatable bonds is 6. The molecule has 1 aliphatic carbocycles. The Morgan fingerprint density at radius 3 is 2.60 bits per heavy atom. The van der Waals surface area contributed by atoms with Crippen LogP contribution in [0.15, 0.2) is 4.52 Å². The number of hydrogen-bond donors (Lipinski definition) is 0. The van der Waals surface area contributed by atoms with Crippen molar-refractivity contribution in [2.24, 2.45) is 0 Å². The maximum absolute atomic E-state index is 5.57. The molecule has 3 fully saturated rings. The molecule has 1 atom stereocenters. The van der Waals surface area contributed by atoms with Gasteiger partial charge in [-0.25, -0.2) is 0 Å². The van der Waals surface area contributed by atoms with E-state index < -0.39 is 0 Å². The van der Waals surface area contributed by atoms with Crippen molar-refractivity contribution in [3.63, 3.8) is 0 Å². The van der Waals surface area contributed by atoms with E-state index in [-0.39, 0.29) is 0 Å². The van der Waals surface area contributed by atoms with Gasteiger partial charge < -0.3 is 9.26 Å². The fraction of sp³-hybridized carbons (Fsp3) is 0.895. The van der Waals surface area contributed by atoms with Crippen molar-refractivity contribution >= 4 is 0 Å². The highest BCUT2D eigenvalue weighted by Gasteiger charge is 2.27. The van der Waals surface area contributed by atoms with Gasteiger partial charge in [-0.2, -0.15) is 4.98 Å². The second-order valence-corrected chi connectivity index (χ2v) is 7.89. The highest BCUT2D eigenvalue weighted by Crippen LogP contribution is 2.33. The minimum atomic E-state index is 0.514. The number of aromatic nitrogens is 2. The Hall–Kier alpha value is -0.980. The lowest BCUT2D eigenvalue weighted by atomic mass is 9.99. The molecule has 3 heterocycles. The topological polar surface area (TPSA) is 54.6 Å². The van der Waals surface area contributed by atoms with E-state index in [1.165, 1.54) is 64.5 Å². The van der Waals surface area contributed by atoms with Crippen LogP contribution in [0.4, 0.5) is 0 Å². The van der Waals surface area contributed by atoms with Crippen molar-refractivity contribution in [1.82, 2.24) is 19.9 Å². The summed E-state index contributed by atoms with van der Waals surface area (Å²) >= 11 is 0. The van der Waals surface area contributed by atoms with Crippen LogP contribution in [0, 0.1) is 0 Å². The standard InChI is InChI=1S/C19H32N4O2/c1-2-6-16(5-1)19-20-18(21-25-19)15-23-9-4-3-7-17(23)8-10-22-11-13-24-14-12-22/h16-17H,1-15H2/t17-/m1/s1. The van der Waals surface area contributed by atoms with Crippen molar-refractivity contribution in [2.45, 2.75) is 69.9 Å². The molecule has 4 rings (SSSR count). The van der Waals surface area contributed by atoms with Crippen molar-refractivity contribution < 1.29 is 9.26 Å². The summed E-state index contributed by atoms with van der Waals surface area (Å²) in [6, 6.07) is 0.657. The molecule has 2 aliphatic heterocycles. The van der Waals surface area contributed by atoms with Crippen LogP contribution < -0.4 is 0 Å². The third kappa shape index (κ3) is 4.60. The van der Waals surface area contributed by atoms with Crippen molar-refractivity contribution in [2.75, 3.05) is 39.4 Å². The summed E-state index contributed by atoms with van der Waals surface area (Å²) < 4.78 is 11.0. The van der Waals surface area contributed by atoms with Gasteiger partial charge in [0.05, 0.1) is 19.8 Å². The van der Waals surface area contributed by atoms with Gasteiger partial charge >= 0.3 is 0 Å². The number of nitrogens with zero attached hydrogens (tertiary/aromatic N) is 4. The number of likely N-dealkylation sites (tertiary alicyclic amines) is 1. The molecular formula is C19H32N4O2. The van der Waals surface area contributed by atoms with Crippen molar-refractivity contribution in [1.29, 1.82) is 0 Å². The molecule has 2 saturated heterocycles. The normalized spacial score (nSPS) is 27.1. The first-order chi connectivity index (χ1) is 12.4. The fourth-order valence-corrected chi connectivity index (χ4v) is 4.60. The molecule has 0 aromatic carbocycles. The molecule has 0 amide bonds. The SMILES string of the molecule is C1CCC(c2nc(CN3CCCC[C@@H]3CCN3CCOCC3)no2)C1. The Morgan fingerprint density at radius 2 is 1.76 bits per heavy atom. The Balaban J connectivity index is 1.31. The van der Waals surface area contributed by atoms with Gasteiger partial charge in [-0.05, 0) is 45.2 Å². The highest BCUT2D eigenvalue weighted by molar-refractivity contribution is 4.97. The summed E-state index contributed by atoms with van der Waals surface area (Å²) in [6.07, 6.45) is 10.2. The van der Waals surface area contributed by atoms with Gasteiger partial charge in [-0.1, -0.05) is 24.4 Å². The quantitative estimate of drug-likeness (QED) is 0.788. The molecule has 0 bridgehead atoms. The van der Waals surface area contributed by atoms with Crippen LogP contribution in [-0.2, 0) is 11.3 Å². The van der Waals surface area contributed by atoms with Gasteiger partial charge in [0.2, 0.25) is 5.89 Å². The maximum Gasteiger partial charge on any atom is 0.229 e. The molecule has 0 N–H and O–H groups in total. The second kappa shape index (κ2) is 8.60. The van der Waals surface area contributed by atoms with Crippen LogP contribution in [0.25, 0.3) is 0 Å². The molecule has 0 spiro atoms. The van der Waals surface area contributed by atoms with E-state index in [0.29, 0.717) is 12.0 Å². The molecule has 0 unspecified atom stereocenters. The van der Waals surface area contributed by atoms with Crippen LogP contribution in [-0.4, -0.2) is 65.4 Å². The second-order valence-electron chi connectivity index (χ2n) is 7.89. The first-order valence-corrected chi connectivity index (χ1v) is 10.2. The fourth-order valence-electron chi connectivity index (χ4n) is 4.60. The van der Waals surface area contributed by atoms with Gasteiger partial charge in [-0.3, -0.25) is 9.80 Å². The Morgan fingerprint density at radius 1 is 0.960 bits per heavy atom.